The number of nitrogens with two attached hydrogens (primary N) is 1. The first-order chi connectivity index (χ1) is 10.9. The van der Waals surface area contributed by atoms with Crippen molar-refractivity contribution in [1.82, 2.24) is 9.55 Å². The zero-order valence-electron chi connectivity index (χ0n) is 13.6. The van der Waals surface area contributed by atoms with Gasteiger partial charge in [-0.1, -0.05) is 32.5 Å². The summed E-state index contributed by atoms with van der Waals surface area (Å²) < 4.78 is 24.1. The maximum Gasteiger partial charge on any atom is 0.326 e. The quantitative estimate of drug-likeness (QED) is 0.570. The van der Waals surface area contributed by atoms with Crippen LogP contribution in [-0.4, -0.2) is 41.9 Å². The van der Waals surface area contributed by atoms with E-state index in [0.717, 1.165) is 10.8 Å². The highest BCUT2D eigenvalue weighted by Crippen LogP contribution is 2.02. The summed E-state index contributed by atoms with van der Waals surface area (Å²) in [5, 5.41) is 0. The van der Waals surface area contributed by atoms with Crippen LogP contribution in [0.3, 0.4) is 0 Å². The monoisotopic (exact) mass is 349 g/mol. The lowest BCUT2D eigenvalue weighted by molar-refractivity contribution is -0.145. The second-order valence-corrected chi connectivity index (χ2v) is 5.08. The van der Waals surface area contributed by atoms with E-state index in [0.29, 0.717) is 6.42 Å². The molecule has 0 bridgehead atoms. The van der Waals surface area contributed by atoms with Crippen molar-refractivity contribution in [2.45, 2.75) is 39.3 Å². The number of methoxy groups -OCH3 is 1. The molecule has 3 N–H and O–H groups in total. The maximum absolute atomic E-state index is 13.3. The van der Waals surface area contributed by atoms with Gasteiger partial charge in [0.25, 0.3) is 0 Å². The molecule has 0 fully saturated rings. The van der Waals surface area contributed by atoms with E-state index in [1.165, 1.54) is 13.5 Å². The van der Waals surface area contributed by atoms with Gasteiger partial charge in [0, 0.05) is 19.9 Å². The SMILES string of the molecule is CCC.COC(CCn1cc(F)c(=S)[nH]c1=O)COC(=O)CN. The van der Waals surface area contributed by atoms with Crippen molar-refractivity contribution in [2.24, 2.45) is 5.73 Å². The number of aryl methyl sites for hydroxylation is 1. The Hall–Kier alpha value is -1.58. The van der Waals surface area contributed by atoms with Crippen LogP contribution in [0.1, 0.15) is 26.7 Å². The molecule has 1 rings (SSSR count). The van der Waals surface area contributed by atoms with E-state index in [9.17, 15) is 14.0 Å². The summed E-state index contributed by atoms with van der Waals surface area (Å²) in [6, 6.07) is 0. The summed E-state index contributed by atoms with van der Waals surface area (Å²) >= 11 is 4.60. The van der Waals surface area contributed by atoms with Gasteiger partial charge in [0.1, 0.15) is 11.2 Å². The Balaban J connectivity index is 0.00000149. The lowest BCUT2D eigenvalue weighted by Gasteiger charge is -2.15. The molecule has 9 heteroatoms. The summed E-state index contributed by atoms with van der Waals surface area (Å²) in [5.74, 6) is -1.22. The molecule has 0 aliphatic heterocycles. The van der Waals surface area contributed by atoms with Crippen molar-refractivity contribution < 1.29 is 18.7 Å². The van der Waals surface area contributed by atoms with E-state index in [1.54, 1.807) is 0 Å². The van der Waals surface area contributed by atoms with E-state index in [2.05, 4.69) is 31.0 Å². The number of carbonyl (C=O) groups is 1. The number of aromatic nitrogens is 2. The molecule has 0 spiro atoms. The van der Waals surface area contributed by atoms with Crippen LogP contribution >= 0.6 is 12.2 Å². The third-order valence-electron chi connectivity index (χ3n) is 2.59. The number of esters is 1. The normalized spacial score (nSPS) is 11.3. The number of rotatable bonds is 7. The van der Waals surface area contributed by atoms with E-state index in [-0.39, 0.29) is 24.3 Å². The first-order valence-electron chi connectivity index (χ1n) is 7.27. The molecule has 0 aliphatic carbocycles. The van der Waals surface area contributed by atoms with Crippen LogP contribution in [-0.2, 0) is 20.8 Å². The summed E-state index contributed by atoms with van der Waals surface area (Å²) in [5.41, 5.74) is 4.59. The molecule has 0 saturated carbocycles. The molecule has 1 aromatic rings. The third kappa shape index (κ3) is 8.58. The average molecular weight is 349 g/mol. The number of hydrogen-bond acceptors (Lipinski definition) is 6. The maximum atomic E-state index is 13.3. The zero-order chi connectivity index (χ0) is 17.8. The lowest BCUT2D eigenvalue weighted by Crippen LogP contribution is -2.29. The number of aromatic amines is 1. The van der Waals surface area contributed by atoms with Crippen LogP contribution in [0.25, 0.3) is 0 Å². The highest BCUT2D eigenvalue weighted by atomic mass is 32.1. The van der Waals surface area contributed by atoms with Gasteiger partial charge in [0.05, 0.1) is 12.6 Å². The Morgan fingerprint density at radius 1 is 1.52 bits per heavy atom. The van der Waals surface area contributed by atoms with E-state index >= 15 is 0 Å². The van der Waals surface area contributed by atoms with Gasteiger partial charge in [-0.25, -0.2) is 9.18 Å². The molecule has 7 nitrogen and oxygen atoms in total. The Bertz CT molecular complexity index is 588. The van der Waals surface area contributed by atoms with Crippen LogP contribution in [0.4, 0.5) is 4.39 Å². The minimum Gasteiger partial charge on any atom is -0.462 e. The number of halogens is 1. The van der Waals surface area contributed by atoms with Gasteiger partial charge in [0.15, 0.2) is 5.82 Å². The third-order valence-corrected chi connectivity index (χ3v) is 2.89. The number of nitrogens with zero attached hydrogens (tertiary/aromatic N) is 1. The first kappa shape index (κ1) is 21.4. The summed E-state index contributed by atoms with van der Waals surface area (Å²) in [4.78, 5) is 24.7. The molecule has 0 aromatic carbocycles. The second-order valence-electron chi connectivity index (χ2n) is 4.67. The van der Waals surface area contributed by atoms with Gasteiger partial charge in [0.2, 0.25) is 0 Å². The average Bonchev–Trinajstić information content (AvgIpc) is 2.52. The van der Waals surface area contributed by atoms with Crippen LogP contribution in [0.5, 0.6) is 0 Å². The van der Waals surface area contributed by atoms with Crippen molar-refractivity contribution in [1.29, 1.82) is 0 Å². The number of H-pyrrole nitrogens is 1. The van der Waals surface area contributed by atoms with Gasteiger partial charge in [-0.2, -0.15) is 0 Å². The molecule has 1 heterocycles. The van der Waals surface area contributed by atoms with Crippen molar-refractivity contribution in [2.75, 3.05) is 20.3 Å². The van der Waals surface area contributed by atoms with Crippen LogP contribution in [0.2, 0.25) is 0 Å². The van der Waals surface area contributed by atoms with Crippen LogP contribution < -0.4 is 11.4 Å². The van der Waals surface area contributed by atoms with Crippen LogP contribution in [0.15, 0.2) is 11.0 Å². The molecule has 0 saturated heterocycles. The fourth-order valence-corrected chi connectivity index (χ4v) is 1.59. The van der Waals surface area contributed by atoms with Gasteiger partial charge in [-0.05, 0) is 6.42 Å². The van der Waals surface area contributed by atoms with Gasteiger partial charge in [-0.3, -0.25) is 14.3 Å². The smallest absolute Gasteiger partial charge is 0.326 e. The Labute approximate surface area is 139 Å². The standard InChI is InChI=1S/C11H16FN3O4S.C3H8/c1-18-7(6-19-9(16)4-13)2-3-15-5-8(12)10(20)14-11(15)17;1-3-2/h5,7H,2-4,6,13H2,1H3,(H,14,17,20);3H2,1-2H3. The molecule has 0 radical (unpaired) electrons. The summed E-state index contributed by atoms with van der Waals surface area (Å²) in [6.07, 6.45) is 2.22. The highest BCUT2D eigenvalue weighted by molar-refractivity contribution is 7.71. The molecule has 1 unspecified atom stereocenters. The highest BCUT2D eigenvalue weighted by Gasteiger charge is 2.11. The largest absolute Gasteiger partial charge is 0.462 e. The molecule has 1 aromatic heterocycles. The van der Waals surface area contributed by atoms with Crippen molar-refractivity contribution in [3.63, 3.8) is 0 Å². The van der Waals surface area contributed by atoms with Gasteiger partial charge >= 0.3 is 11.7 Å². The second kappa shape index (κ2) is 11.9. The molecule has 132 valence electrons. The fraction of sp³-hybridized carbons (Fsp3) is 0.643. The number of hydrogen-bond donors (Lipinski definition) is 2. The lowest BCUT2D eigenvalue weighted by atomic mass is 10.2. The predicted octanol–water partition coefficient (Wildman–Crippen LogP) is 1.37. The number of ether oxygens (including phenoxy) is 2. The molecule has 1 atom stereocenters. The van der Waals surface area contributed by atoms with E-state index in [1.807, 2.05) is 0 Å². The minimum atomic E-state index is -0.678. The van der Waals surface area contributed by atoms with Gasteiger partial charge in [-0.15, -0.1) is 0 Å². The number of nitrogens with one attached hydrogen (secondary N) is 1. The molecular weight excluding hydrogens is 325 g/mol. The molecule has 0 aliphatic rings. The Morgan fingerprint density at radius 3 is 2.65 bits per heavy atom. The topological polar surface area (TPSA) is 99.3 Å². The van der Waals surface area contributed by atoms with Crippen molar-refractivity contribution >= 4 is 18.2 Å². The molecular formula is C14H24FN3O4S. The van der Waals surface area contributed by atoms with Crippen LogP contribution in [0, 0.1) is 10.5 Å². The Morgan fingerprint density at radius 2 is 2.13 bits per heavy atom. The zero-order valence-corrected chi connectivity index (χ0v) is 14.5. The summed E-state index contributed by atoms with van der Waals surface area (Å²) in [7, 11) is 1.45. The minimum absolute atomic E-state index is 0.0204. The fourth-order valence-electron chi connectivity index (χ4n) is 1.45. The van der Waals surface area contributed by atoms with E-state index < -0.39 is 23.6 Å². The van der Waals surface area contributed by atoms with Crippen molar-refractivity contribution in [3.05, 3.63) is 27.1 Å². The number of carbonyl (C=O) groups excluding carboxylic acids is 1. The van der Waals surface area contributed by atoms with Crippen molar-refractivity contribution in [3.8, 4) is 0 Å². The van der Waals surface area contributed by atoms with E-state index in [4.69, 9.17) is 15.2 Å². The summed E-state index contributed by atoms with van der Waals surface area (Å²) in [6.45, 7) is 4.25. The van der Waals surface area contributed by atoms with Gasteiger partial charge < -0.3 is 15.2 Å². The predicted molar refractivity (Wildman–Crippen MR) is 87.2 cm³/mol. The molecule has 23 heavy (non-hydrogen) atoms. The molecule has 0 amide bonds. The first-order valence-corrected chi connectivity index (χ1v) is 7.68. The Kier molecular flexibility index (Phi) is 11.1.